The zero-order valence-electron chi connectivity index (χ0n) is 20.3. The van der Waals surface area contributed by atoms with Crippen LogP contribution in [0, 0.1) is 11.8 Å². The van der Waals surface area contributed by atoms with Crippen molar-refractivity contribution >= 4 is 17.6 Å². The number of rotatable bonds is 6. The number of ether oxygens (including phenoxy) is 1. The number of benzene rings is 1. The summed E-state index contributed by atoms with van der Waals surface area (Å²) in [7, 11) is 0. The lowest BCUT2D eigenvalue weighted by atomic mass is 9.79. The van der Waals surface area contributed by atoms with E-state index in [0.717, 1.165) is 49.0 Å². The molecule has 1 saturated heterocycles. The Hall–Kier alpha value is -1.88. The molecule has 2 fully saturated rings. The molecule has 4 rings (SSSR count). The van der Waals surface area contributed by atoms with E-state index < -0.39 is 5.92 Å². The monoisotopic (exact) mass is 440 g/mol. The first-order valence-electron chi connectivity index (χ1n) is 12.7. The number of carbonyl (C=O) groups is 2. The maximum absolute atomic E-state index is 13.5. The fraction of sp³-hybridized carbons (Fsp3) is 0.704. The summed E-state index contributed by atoms with van der Waals surface area (Å²) in [4.78, 5) is 30.5. The standard InChI is InChI=1S/C27H40N2O3/c1-18(2)20-9-11-21(12-10-20)28-15-13-22(14-16-28)29-25-8-6-5-7-23(25)24(27(29)31)17-26(30)32-19(3)4/h5-8,18-22,24H,9-17H2,1-4H3/t20-,21+,24?. The number of anilines is 1. The molecule has 1 aromatic carbocycles. The van der Waals surface area contributed by atoms with Crippen molar-refractivity contribution < 1.29 is 14.3 Å². The van der Waals surface area contributed by atoms with Gasteiger partial charge in [-0.25, -0.2) is 0 Å². The molecule has 0 bridgehead atoms. The highest BCUT2D eigenvalue weighted by atomic mass is 16.5. The third kappa shape index (κ3) is 4.88. The number of hydrogen-bond acceptors (Lipinski definition) is 4. The number of amides is 1. The van der Waals surface area contributed by atoms with Crippen LogP contribution in [0.25, 0.3) is 0 Å². The van der Waals surface area contributed by atoms with Gasteiger partial charge in [0.25, 0.3) is 0 Å². The van der Waals surface area contributed by atoms with Gasteiger partial charge in [-0.2, -0.15) is 0 Å². The summed E-state index contributed by atoms with van der Waals surface area (Å²) in [6, 6.07) is 8.94. The quantitative estimate of drug-likeness (QED) is 0.575. The molecular formula is C27H40N2O3. The van der Waals surface area contributed by atoms with Gasteiger partial charge in [0.1, 0.15) is 0 Å². The minimum atomic E-state index is -0.415. The van der Waals surface area contributed by atoms with Crippen LogP contribution in [0.4, 0.5) is 5.69 Å². The highest BCUT2D eigenvalue weighted by molar-refractivity contribution is 6.06. The second-order valence-corrected chi connectivity index (χ2v) is 10.6. The van der Waals surface area contributed by atoms with E-state index in [0.29, 0.717) is 6.04 Å². The van der Waals surface area contributed by atoms with Gasteiger partial charge in [-0.05, 0) is 75.8 Å². The molecular weight excluding hydrogens is 400 g/mol. The third-order valence-electron chi connectivity index (χ3n) is 7.91. The van der Waals surface area contributed by atoms with E-state index in [1.165, 1.54) is 25.7 Å². The van der Waals surface area contributed by atoms with Crippen LogP contribution in [0.3, 0.4) is 0 Å². The predicted octanol–water partition coefficient (Wildman–Crippen LogP) is 5.14. The Kier molecular flexibility index (Phi) is 7.24. The Morgan fingerprint density at radius 1 is 0.969 bits per heavy atom. The third-order valence-corrected chi connectivity index (χ3v) is 7.91. The molecule has 1 atom stereocenters. The van der Waals surface area contributed by atoms with E-state index >= 15 is 0 Å². The molecule has 0 radical (unpaired) electrons. The zero-order chi connectivity index (χ0) is 22.8. The largest absolute Gasteiger partial charge is 0.463 e. The van der Waals surface area contributed by atoms with E-state index in [2.05, 4.69) is 18.7 Å². The summed E-state index contributed by atoms with van der Waals surface area (Å²) < 4.78 is 5.34. The number of nitrogens with zero attached hydrogens (tertiary/aromatic N) is 2. The molecule has 1 unspecified atom stereocenters. The topological polar surface area (TPSA) is 49.9 Å². The minimum Gasteiger partial charge on any atom is -0.463 e. The van der Waals surface area contributed by atoms with Gasteiger partial charge in [0.05, 0.1) is 18.4 Å². The zero-order valence-corrected chi connectivity index (χ0v) is 20.3. The van der Waals surface area contributed by atoms with Crippen molar-refractivity contribution in [1.29, 1.82) is 0 Å². The smallest absolute Gasteiger partial charge is 0.307 e. The molecule has 1 saturated carbocycles. The summed E-state index contributed by atoms with van der Waals surface area (Å²) in [5.41, 5.74) is 1.98. The summed E-state index contributed by atoms with van der Waals surface area (Å²) in [6.07, 6.45) is 7.33. The first-order chi connectivity index (χ1) is 15.3. The normalized spacial score (nSPS) is 27.2. The Bertz CT molecular complexity index is 805. The number of fused-ring (bicyclic) bond motifs is 1. The summed E-state index contributed by atoms with van der Waals surface area (Å²) in [5, 5.41) is 0. The molecule has 3 aliphatic rings. The van der Waals surface area contributed by atoms with Crippen LogP contribution >= 0.6 is 0 Å². The van der Waals surface area contributed by atoms with Crippen molar-refractivity contribution in [2.24, 2.45) is 11.8 Å². The van der Waals surface area contributed by atoms with Gasteiger partial charge < -0.3 is 14.5 Å². The number of para-hydroxylation sites is 1. The lowest BCUT2D eigenvalue weighted by Crippen LogP contribution is -2.50. The van der Waals surface area contributed by atoms with E-state index in [1.54, 1.807) is 0 Å². The van der Waals surface area contributed by atoms with E-state index in [9.17, 15) is 9.59 Å². The van der Waals surface area contributed by atoms with Crippen molar-refractivity contribution in [2.75, 3.05) is 18.0 Å². The van der Waals surface area contributed by atoms with Crippen molar-refractivity contribution in [3.05, 3.63) is 29.8 Å². The van der Waals surface area contributed by atoms with Gasteiger partial charge in [0.2, 0.25) is 5.91 Å². The predicted molar refractivity (Wildman–Crippen MR) is 128 cm³/mol. The second-order valence-electron chi connectivity index (χ2n) is 10.6. The van der Waals surface area contributed by atoms with Crippen molar-refractivity contribution in [1.82, 2.24) is 4.90 Å². The maximum Gasteiger partial charge on any atom is 0.307 e. The molecule has 5 heteroatoms. The second kappa shape index (κ2) is 9.94. The van der Waals surface area contributed by atoms with Crippen molar-refractivity contribution in [3.8, 4) is 0 Å². The lowest BCUT2D eigenvalue weighted by molar-refractivity contribution is -0.148. The first-order valence-corrected chi connectivity index (χ1v) is 12.7. The van der Waals surface area contributed by atoms with Crippen LogP contribution in [-0.2, 0) is 14.3 Å². The maximum atomic E-state index is 13.5. The van der Waals surface area contributed by atoms with Gasteiger partial charge in [0, 0.05) is 30.9 Å². The number of likely N-dealkylation sites (tertiary alicyclic amines) is 1. The van der Waals surface area contributed by atoms with Gasteiger partial charge in [-0.15, -0.1) is 0 Å². The summed E-state index contributed by atoms with van der Waals surface area (Å²) >= 11 is 0. The Labute approximate surface area is 193 Å². The molecule has 176 valence electrons. The molecule has 2 heterocycles. The molecule has 32 heavy (non-hydrogen) atoms. The number of esters is 1. The first kappa shape index (κ1) is 23.3. The van der Waals surface area contributed by atoms with E-state index in [-0.39, 0.29) is 30.4 Å². The molecule has 1 amide bonds. The fourth-order valence-electron chi connectivity index (χ4n) is 6.12. The highest BCUT2D eigenvalue weighted by Crippen LogP contribution is 2.42. The van der Waals surface area contributed by atoms with E-state index in [4.69, 9.17) is 4.74 Å². The van der Waals surface area contributed by atoms with Gasteiger partial charge >= 0.3 is 5.97 Å². The van der Waals surface area contributed by atoms with Gasteiger partial charge in [-0.1, -0.05) is 32.0 Å². The van der Waals surface area contributed by atoms with Crippen molar-refractivity contribution in [3.63, 3.8) is 0 Å². The Morgan fingerprint density at radius 2 is 1.62 bits per heavy atom. The van der Waals surface area contributed by atoms with E-state index in [1.807, 2.05) is 43.0 Å². The average molecular weight is 441 g/mol. The molecule has 0 spiro atoms. The highest BCUT2D eigenvalue weighted by Gasteiger charge is 2.43. The molecule has 1 aromatic rings. The van der Waals surface area contributed by atoms with Crippen LogP contribution in [0.2, 0.25) is 0 Å². The molecule has 2 aliphatic heterocycles. The van der Waals surface area contributed by atoms with Crippen LogP contribution in [-0.4, -0.2) is 48.1 Å². The van der Waals surface area contributed by atoms with Crippen LogP contribution in [0.15, 0.2) is 24.3 Å². The average Bonchev–Trinajstić information content (AvgIpc) is 3.05. The number of carbonyl (C=O) groups excluding carboxylic acids is 2. The summed E-state index contributed by atoms with van der Waals surface area (Å²) in [5.74, 6) is 1.06. The lowest BCUT2D eigenvalue weighted by Gasteiger charge is -2.43. The Balaban J connectivity index is 1.39. The minimum absolute atomic E-state index is 0.0720. The van der Waals surface area contributed by atoms with Gasteiger partial charge in [-0.3, -0.25) is 9.59 Å². The van der Waals surface area contributed by atoms with Crippen LogP contribution < -0.4 is 4.90 Å². The molecule has 0 N–H and O–H groups in total. The van der Waals surface area contributed by atoms with Crippen molar-refractivity contribution in [2.45, 2.75) is 96.7 Å². The number of piperidine rings is 1. The molecule has 1 aliphatic carbocycles. The molecule has 5 nitrogen and oxygen atoms in total. The molecule has 0 aromatic heterocycles. The SMILES string of the molecule is CC(C)OC(=O)CC1C(=O)N(C2CCN([C@H]3CC[C@@H](C(C)C)CC3)CC2)c2ccccc21. The van der Waals surface area contributed by atoms with Gasteiger partial charge in [0.15, 0.2) is 0 Å². The fourth-order valence-corrected chi connectivity index (χ4v) is 6.12. The summed E-state index contributed by atoms with van der Waals surface area (Å²) in [6.45, 7) is 10.5. The Morgan fingerprint density at radius 3 is 2.25 bits per heavy atom. The number of hydrogen-bond donors (Lipinski definition) is 0. The van der Waals surface area contributed by atoms with Crippen LogP contribution in [0.5, 0.6) is 0 Å². The van der Waals surface area contributed by atoms with Crippen LogP contribution in [0.1, 0.15) is 84.1 Å².